The van der Waals surface area contributed by atoms with E-state index in [1.54, 1.807) is 12.4 Å². The van der Waals surface area contributed by atoms with Crippen molar-refractivity contribution in [3.8, 4) is 0 Å². The molecule has 1 aromatic heterocycles. The standard InChI is InChI=1S/C18H16N2O/c21-18(13-20-12-14-4-3-9-19-11-14)17-8-7-15-5-1-2-6-16(15)10-17/h1-11,20H,12-13H2. The van der Waals surface area contributed by atoms with Crippen LogP contribution >= 0.6 is 0 Å². The lowest BCUT2D eigenvalue weighted by Crippen LogP contribution is -2.22. The quantitative estimate of drug-likeness (QED) is 0.728. The van der Waals surface area contributed by atoms with Gasteiger partial charge >= 0.3 is 0 Å². The predicted molar refractivity (Wildman–Crippen MR) is 84.2 cm³/mol. The number of nitrogens with one attached hydrogen (secondary N) is 1. The number of aromatic nitrogens is 1. The summed E-state index contributed by atoms with van der Waals surface area (Å²) in [6, 6.07) is 17.8. The fourth-order valence-electron chi connectivity index (χ4n) is 2.29. The summed E-state index contributed by atoms with van der Waals surface area (Å²) >= 11 is 0. The SMILES string of the molecule is O=C(CNCc1cccnc1)c1ccc2ccccc2c1. The van der Waals surface area contributed by atoms with Crippen molar-refractivity contribution in [2.45, 2.75) is 6.54 Å². The number of nitrogens with zero attached hydrogens (tertiary/aromatic N) is 1. The van der Waals surface area contributed by atoms with Gasteiger partial charge in [-0.3, -0.25) is 9.78 Å². The predicted octanol–water partition coefficient (Wildman–Crippen LogP) is 3.21. The van der Waals surface area contributed by atoms with Crippen LogP contribution in [0.15, 0.2) is 67.0 Å². The summed E-state index contributed by atoms with van der Waals surface area (Å²) in [7, 11) is 0. The Bertz CT molecular complexity index is 753. The molecule has 0 saturated heterocycles. The first kappa shape index (κ1) is 13.5. The summed E-state index contributed by atoms with van der Waals surface area (Å²) < 4.78 is 0. The minimum atomic E-state index is 0.102. The molecule has 104 valence electrons. The lowest BCUT2D eigenvalue weighted by atomic mass is 10.0. The van der Waals surface area contributed by atoms with Crippen molar-refractivity contribution >= 4 is 16.6 Å². The molecule has 1 heterocycles. The van der Waals surface area contributed by atoms with E-state index in [1.807, 2.05) is 54.6 Å². The molecule has 0 saturated carbocycles. The first-order valence-corrected chi connectivity index (χ1v) is 6.94. The maximum absolute atomic E-state index is 12.2. The van der Waals surface area contributed by atoms with Gasteiger partial charge in [0.25, 0.3) is 0 Å². The van der Waals surface area contributed by atoms with Crippen LogP contribution < -0.4 is 5.32 Å². The number of carbonyl (C=O) groups is 1. The maximum Gasteiger partial charge on any atom is 0.176 e. The Morgan fingerprint density at radius 1 is 1.00 bits per heavy atom. The Kier molecular flexibility index (Phi) is 4.03. The van der Waals surface area contributed by atoms with Crippen LogP contribution in [0.1, 0.15) is 15.9 Å². The van der Waals surface area contributed by atoms with Gasteiger partial charge in [0.2, 0.25) is 0 Å². The van der Waals surface area contributed by atoms with Gasteiger partial charge in [-0.25, -0.2) is 0 Å². The number of rotatable bonds is 5. The van der Waals surface area contributed by atoms with E-state index in [0.29, 0.717) is 13.1 Å². The number of benzene rings is 2. The number of carbonyl (C=O) groups excluding carboxylic acids is 1. The number of ketones is 1. The molecule has 0 radical (unpaired) electrons. The second-order valence-corrected chi connectivity index (χ2v) is 4.95. The zero-order valence-corrected chi connectivity index (χ0v) is 11.6. The second kappa shape index (κ2) is 6.29. The molecule has 0 unspecified atom stereocenters. The Morgan fingerprint density at radius 2 is 1.86 bits per heavy atom. The normalized spacial score (nSPS) is 10.7. The van der Waals surface area contributed by atoms with Gasteiger partial charge < -0.3 is 5.32 Å². The Hall–Kier alpha value is -2.52. The van der Waals surface area contributed by atoms with Crippen LogP contribution in [0.4, 0.5) is 0 Å². The number of fused-ring (bicyclic) bond motifs is 1. The smallest absolute Gasteiger partial charge is 0.176 e. The van der Waals surface area contributed by atoms with Gasteiger partial charge in [-0.1, -0.05) is 42.5 Å². The van der Waals surface area contributed by atoms with E-state index in [0.717, 1.165) is 21.9 Å². The summed E-state index contributed by atoms with van der Waals surface area (Å²) in [5.41, 5.74) is 1.82. The van der Waals surface area contributed by atoms with E-state index in [9.17, 15) is 4.79 Å². The summed E-state index contributed by atoms with van der Waals surface area (Å²) in [5.74, 6) is 0.102. The van der Waals surface area contributed by atoms with Crippen molar-refractivity contribution in [3.63, 3.8) is 0 Å². The fourth-order valence-corrected chi connectivity index (χ4v) is 2.29. The molecule has 0 aliphatic rings. The summed E-state index contributed by atoms with van der Waals surface area (Å²) in [5, 5.41) is 5.40. The van der Waals surface area contributed by atoms with Crippen molar-refractivity contribution in [1.82, 2.24) is 10.3 Å². The van der Waals surface area contributed by atoms with E-state index >= 15 is 0 Å². The van der Waals surface area contributed by atoms with E-state index in [1.165, 1.54) is 0 Å². The largest absolute Gasteiger partial charge is 0.306 e. The van der Waals surface area contributed by atoms with Gasteiger partial charge in [-0.2, -0.15) is 0 Å². The molecule has 3 rings (SSSR count). The van der Waals surface area contributed by atoms with Crippen LogP contribution in [-0.4, -0.2) is 17.3 Å². The molecule has 0 amide bonds. The first-order valence-electron chi connectivity index (χ1n) is 6.94. The number of pyridine rings is 1. The highest BCUT2D eigenvalue weighted by Crippen LogP contribution is 2.15. The van der Waals surface area contributed by atoms with Crippen LogP contribution in [0.5, 0.6) is 0 Å². The first-order chi connectivity index (χ1) is 10.3. The van der Waals surface area contributed by atoms with Crippen LogP contribution in [0.25, 0.3) is 10.8 Å². The second-order valence-electron chi connectivity index (χ2n) is 4.95. The molecule has 0 aliphatic carbocycles. The summed E-state index contributed by atoms with van der Waals surface area (Å²) in [4.78, 5) is 16.3. The highest BCUT2D eigenvalue weighted by Gasteiger charge is 2.06. The third kappa shape index (κ3) is 3.33. The van der Waals surface area contributed by atoms with Gasteiger partial charge in [0.15, 0.2) is 5.78 Å². The fraction of sp³-hybridized carbons (Fsp3) is 0.111. The third-order valence-corrected chi connectivity index (χ3v) is 3.41. The minimum absolute atomic E-state index is 0.102. The average molecular weight is 276 g/mol. The van der Waals surface area contributed by atoms with Gasteiger partial charge in [-0.05, 0) is 28.5 Å². The summed E-state index contributed by atoms with van der Waals surface area (Å²) in [6.45, 7) is 0.973. The van der Waals surface area contributed by atoms with E-state index in [4.69, 9.17) is 0 Å². The van der Waals surface area contributed by atoms with Crippen LogP contribution in [0.3, 0.4) is 0 Å². The monoisotopic (exact) mass is 276 g/mol. The lowest BCUT2D eigenvalue weighted by molar-refractivity contribution is 0.0991. The molecule has 0 fully saturated rings. The van der Waals surface area contributed by atoms with E-state index in [-0.39, 0.29) is 5.78 Å². The van der Waals surface area contributed by atoms with Crippen molar-refractivity contribution < 1.29 is 4.79 Å². The van der Waals surface area contributed by atoms with Gasteiger partial charge in [0, 0.05) is 24.5 Å². The molecule has 3 nitrogen and oxygen atoms in total. The van der Waals surface area contributed by atoms with Gasteiger partial charge in [0.1, 0.15) is 0 Å². The molecule has 21 heavy (non-hydrogen) atoms. The van der Waals surface area contributed by atoms with E-state index in [2.05, 4.69) is 10.3 Å². The molecule has 3 heteroatoms. The minimum Gasteiger partial charge on any atom is -0.306 e. The number of hydrogen-bond acceptors (Lipinski definition) is 3. The Balaban J connectivity index is 1.64. The van der Waals surface area contributed by atoms with Crippen molar-refractivity contribution in [2.75, 3.05) is 6.54 Å². The number of hydrogen-bond donors (Lipinski definition) is 1. The molecular formula is C18H16N2O. The zero-order chi connectivity index (χ0) is 14.5. The topological polar surface area (TPSA) is 42.0 Å². The summed E-state index contributed by atoms with van der Waals surface area (Å²) in [6.07, 6.45) is 3.54. The Morgan fingerprint density at radius 3 is 2.67 bits per heavy atom. The number of Topliss-reactive ketones (excluding diaryl/α,β-unsaturated/α-hetero) is 1. The highest BCUT2D eigenvalue weighted by molar-refractivity contribution is 6.01. The molecular weight excluding hydrogens is 260 g/mol. The van der Waals surface area contributed by atoms with E-state index < -0.39 is 0 Å². The molecule has 0 spiro atoms. The molecule has 0 aliphatic heterocycles. The van der Waals surface area contributed by atoms with Gasteiger partial charge in [-0.15, -0.1) is 0 Å². The van der Waals surface area contributed by atoms with Crippen LogP contribution in [0, 0.1) is 0 Å². The average Bonchev–Trinajstić information content (AvgIpc) is 2.55. The highest BCUT2D eigenvalue weighted by atomic mass is 16.1. The zero-order valence-electron chi connectivity index (χ0n) is 11.6. The van der Waals surface area contributed by atoms with Crippen LogP contribution in [0.2, 0.25) is 0 Å². The maximum atomic E-state index is 12.2. The van der Waals surface area contributed by atoms with Crippen LogP contribution in [-0.2, 0) is 6.54 Å². The van der Waals surface area contributed by atoms with Crippen molar-refractivity contribution in [1.29, 1.82) is 0 Å². The molecule has 3 aromatic rings. The van der Waals surface area contributed by atoms with Gasteiger partial charge in [0.05, 0.1) is 6.54 Å². The Labute approximate surface area is 123 Å². The molecule has 0 bridgehead atoms. The third-order valence-electron chi connectivity index (χ3n) is 3.41. The molecule has 1 N–H and O–H groups in total. The molecule has 2 aromatic carbocycles. The van der Waals surface area contributed by atoms with Crippen molar-refractivity contribution in [3.05, 3.63) is 78.1 Å². The molecule has 0 atom stereocenters. The van der Waals surface area contributed by atoms with Crippen molar-refractivity contribution in [2.24, 2.45) is 0 Å². The lowest BCUT2D eigenvalue weighted by Gasteiger charge is -2.05.